The first-order valence-electron chi connectivity index (χ1n) is 4.21. The lowest BCUT2D eigenvalue weighted by Crippen LogP contribution is -2.47. The molecule has 0 spiro atoms. The van der Waals surface area contributed by atoms with E-state index >= 15 is 0 Å². The van der Waals surface area contributed by atoms with Gasteiger partial charge in [-0.05, 0) is 0 Å². The lowest BCUT2D eigenvalue weighted by molar-refractivity contribution is -0.138. The van der Waals surface area contributed by atoms with Gasteiger partial charge in [-0.15, -0.1) is 0 Å². The van der Waals surface area contributed by atoms with E-state index in [0.29, 0.717) is 6.47 Å². The highest BCUT2D eigenvalue weighted by Gasteiger charge is 2.57. The summed E-state index contributed by atoms with van der Waals surface area (Å²) in [7, 11) is 1.77. The van der Waals surface area contributed by atoms with Crippen LogP contribution in [0.3, 0.4) is 0 Å². The van der Waals surface area contributed by atoms with Crippen molar-refractivity contribution in [3.05, 3.63) is 0 Å². The molecule has 6 heteroatoms. The third-order valence-corrected chi connectivity index (χ3v) is 2.79. The van der Waals surface area contributed by atoms with Gasteiger partial charge >= 0.3 is 0 Å². The van der Waals surface area contributed by atoms with Crippen LogP contribution in [0.15, 0.2) is 0 Å². The minimum Gasteiger partial charge on any atom is -0.459 e. The van der Waals surface area contributed by atoms with Crippen molar-refractivity contribution < 1.29 is 24.1 Å². The van der Waals surface area contributed by atoms with Gasteiger partial charge < -0.3 is 19.3 Å². The Morgan fingerprint density at radius 2 is 2.38 bits per heavy atom. The van der Waals surface area contributed by atoms with E-state index in [4.69, 9.17) is 14.2 Å². The lowest BCUT2D eigenvalue weighted by Gasteiger charge is -2.25. The lowest BCUT2D eigenvalue weighted by atomic mass is 9.74. The number of carbonyl (C=O) groups is 1. The average molecular weight is 186 g/mol. The number of ether oxygens (including phenoxy) is 3. The maximum Gasteiger partial charge on any atom is 0.293 e. The topological polar surface area (TPSA) is 65.0 Å². The van der Waals surface area contributed by atoms with Crippen molar-refractivity contribution in [1.29, 1.82) is 0 Å². The van der Waals surface area contributed by atoms with E-state index in [1.165, 1.54) is 0 Å². The summed E-state index contributed by atoms with van der Waals surface area (Å²) < 4.78 is 15.5. The van der Waals surface area contributed by atoms with Gasteiger partial charge in [-0.25, -0.2) is 0 Å². The third-order valence-electron chi connectivity index (χ3n) is 2.79. The smallest absolute Gasteiger partial charge is 0.293 e. The summed E-state index contributed by atoms with van der Waals surface area (Å²) in [5.41, 5.74) is -0.715. The van der Waals surface area contributed by atoms with Crippen molar-refractivity contribution in [1.82, 2.24) is 0 Å². The fourth-order valence-electron chi connectivity index (χ4n) is 1.90. The quantitative estimate of drug-likeness (QED) is 0.386. The summed E-state index contributed by atoms with van der Waals surface area (Å²) in [6.45, 7) is 0.907. The first-order valence-corrected chi connectivity index (χ1v) is 4.21. The average Bonchev–Trinajstić information content (AvgIpc) is 2.55. The first-order chi connectivity index (χ1) is 6.18. The van der Waals surface area contributed by atoms with Gasteiger partial charge in [-0.1, -0.05) is 0 Å². The number of fused-ring (bicyclic) bond motifs is 1. The second kappa shape index (κ2) is 2.97. The molecule has 13 heavy (non-hydrogen) atoms. The highest BCUT2D eigenvalue weighted by Crippen LogP contribution is 2.36. The molecule has 0 aromatic rings. The van der Waals surface area contributed by atoms with E-state index < -0.39 is 11.6 Å². The van der Waals surface area contributed by atoms with E-state index in [1.54, 1.807) is 7.85 Å². The molecule has 2 rings (SSSR count). The molecular weight excluding hydrogens is 175 g/mol. The second-order valence-corrected chi connectivity index (χ2v) is 3.54. The Labute approximate surface area is 76.4 Å². The number of hydrogen-bond donors (Lipinski definition) is 1. The zero-order valence-corrected chi connectivity index (χ0v) is 7.30. The van der Waals surface area contributed by atoms with Crippen LogP contribution in [0, 0.1) is 0 Å². The van der Waals surface area contributed by atoms with Gasteiger partial charge in [0.2, 0.25) is 0 Å². The Kier molecular flexibility index (Phi) is 2.05. The molecule has 0 saturated carbocycles. The molecule has 2 fully saturated rings. The van der Waals surface area contributed by atoms with Gasteiger partial charge in [0.15, 0.2) is 14.0 Å². The van der Waals surface area contributed by atoms with Gasteiger partial charge in [0.25, 0.3) is 6.47 Å². The van der Waals surface area contributed by atoms with Crippen LogP contribution in [0.4, 0.5) is 0 Å². The monoisotopic (exact) mass is 186 g/mol. The Morgan fingerprint density at radius 3 is 3.08 bits per heavy atom. The van der Waals surface area contributed by atoms with Crippen molar-refractivity contribution in [3.63, 3.8) is 0 Å². The van der Waals surface area contributed by atoms with Gasteiger partial charge in [0.1, 0.15) is 12.2 Å². The number of carbonyl (C=O) groups excluding carboxylic acids is 1. The van der Waals surface area contributed by atoms with Gasteiger partial charge in [0, 0.05) is 0 Å². The normalized spacial score (nSPS) is 48.8. The summed E-state index contributed by atoms with van der Waals surface area (Å²) in [5, 5.41) is 9.55. The highest BCUT2D eigenvalue weighted by atomic mass is 16.6. The third kappa shape index (κ3) is 1.17. The number of rotatable bonds is 2. The molecule has 1 N–H and O–H groups in total. The zero-order chi connectivity index (χ0) is 9.47. The molecular formula is C7H11BO5. The summed E-state index contributed by atoms with van der Waals surface area (Å²) in [6, 6.07) is 0. The van der Waals surface area contributed by atoms with Crippen LogP contribution in [0.2, 0.25) is 0 Å². The van der Waals surface area contributed by atoms with Crippen LogP contribution >= 0.6 is 0 Å². The van der Waals surface area contributed by atoms with Crippen LogP contribution < -0.4 is 0 Å². The van der Waals surface area contributed by atoms with E-state index in [9.17, 15) is 9.90 Å². The predicted molar refractivity (Wildman–Crippen MR) is 43.9 cm³/mol. The molecule has 5 nitrogen and oxygen atoms in total. The molecule has 0 aromatic carbocycles. The van der Waals surface area contributed by atoms with Crippen LogP contribution in [0.25, 0.3) is 0 Å². The standard InChI is InChI=1S/C7H11BO5/c8-7-5(10)2-11-6(7)4(1-13-7)12-3-9/h3-6,10H,1-2,8H2/t4?,5?,6-,7-/m1/s1. The SMILES string of the molecule is B[C@]12OCC(OC=O)[C@H]1OCC2O. The van der Waals surface area contributed by atoms with Crippen molar-refractivity contribution in [2.24, 2.45) is 0 Å². The molecule has 0 aromatic heterocycles. The zero-order valence-electron chi connectivity index (χ0n) is 7.30. The molecule has 0 aliphatic carbocycles. The summed E-state index contributed by atoms with van der Waals surface area (Å²) in [6.07, 6.45) is -1.37. The van der Waals surface area contributed by atoms with Crippen molar-refractivity contribution in [2.75, 3.05) is 13.2 Å². The van der Waals surface area contributed by atoms with Crippen molar-refractivity contribution in [3.8, 4) is 0 Å². The van der Waals surface area contributed by atoms with E-state index in [2.05, 4.69) is 0 Å². The van der Waals surface area contributed by atoms with Crippen molar-refractivity contribution >= 4 is 14.3 Å². The molecule has 0 radical (unpaired) electrons. The minimum absolute atomic E-state index is 0.236. The second-order valence-electron chi connectivity index (χ2n) is 3.54. The largest absolute Gasteiger partial charge is 0.459 e. The Hall–Kier alpha value is -0.585. The Morgan fingerprint density at radius 1 is 1.62 bits per heavy atom. The number of hydrogen-bond acceptors (Lipinski definition) is 5. The maximum atomic E-state index is 10.1. The Balaban J connectivity index is 2.13. The van der Waals surface area contributed by atoms with Gasteiger partial charge in [-0.3, -0.25) is 4.79 Å². The van der Waals surface area contributed by atoms with Crippen molar-refractivity contribution in [2.45, 2.75) is 23.8 Å². The van der Waals surface area contributed by atoms with Gasteiger partial charge in [0.05, 0.1) is 18.7 Å². The molecule has 0 amide bonds. The highest BCUT2D eigenvalue weighted by molar-refractivity contribution is 6.16. The summed E-state index contributed by atoms with van der Waals surface area (Å²) >= 11 is 0. The molecule has 2 saturated heterocycles. The molecule has 0 bridgehead atoms. The first kappa shape index (κ1) is 8.99. The van der Waals surface area contributed by atoms with E-state index in [1.807, 2.05) is 0 Å². The van der Waals surface area contributed by atoms with E-state index in [0.717, 1.165) is 0 Å². The molecule has 2 aliphatic heterocycles. The molecule has 72 valence electrons. The van der Waals surface area contributed by atoms with E-state index in [-0.39, 0.29) is 25.4 Å². The Bertz CT molecular complexity index is 223. The molecule has 2 unspecified atom stereocenters. The molecule has 2 aliphatic rings. The maximum absolute atomic E-state index is 10.1. The van der Waals surface area contributed by atoms with Gasteiger partial charge in [-0.2, -0.15) is 0 Å². The minimum atomic E-state index is -0.715. The van der Waals surface area contributed by atoms with Crippen LogP contribution in [0.1, 0.15) is 0 Å². The van der Waals surface area contributed by atoms with Crippen LogP contribution in [-0.2, 0) is 19.0 Å². The fraction of sp³-hybridized carbons (Fsp3) is 0.857. The summed E-state index contributed by atoms with van der Waals surface area (Å²) in [4.78, 5) is 10.1. The molecule has 2 heterocycles. The molecule has 4 atom stereocenters. The summed E-state index contributed by atoms with van der Waals surface area (Å²) in [5.74, 6) is 0. The predicted octanol–water partition coefficient (Wildman–Crippen LogP) is -2.35. The number of aliphatic hydroxyl groups excluding tert-OH is 1. The fourth-order valence-corrected chi connectivity index (χ4v) is 1.90. The van der Waals surface area contributed by atoms with Crippen LogP contribution in [0.5, 0.6) is 0 Å². The van der Waals surface area contributed by atoms with Crippen LogP contribution in [-0.4, -0.2) is 56.5 Å². The number of aliphatic hydroxyl groups is 1.